The molecule has 0 bridgehead atoms. The van der Waals surface area contributed by atoms with Crippen molar-refractivity contribution < 1.29 is 28.5 Å². The molecule has 0 aromatic rings. The van der Waals surface area contributed by atoms with Gasteiger partial charge in [0.25, 0.3) is 0 Å². The topological polar surface area (TPSA) is 145 Å². The highest BCUT2D eigenvalue weighted by Crippen LogP contribution is 1.88. The summed E-state index contributed by atoms with van der Waals surface area (Å²) in [7, 11) is 3.52. The van der Waals surface area contributed by atoms with Crippen LogP contribution in [0.1, 0.15) is 96.4 Å². The van der Waals surface area contributed by atoms with Crippen molar-refractivity contribution in [3.63, 3.8) is 0 Å². The van der Waals surface area contributed by atoms with Crippen LogP contribution in [-0.2, 0) is 18.9 Å². The Labute approximate surface area is 237 Å². The highest BCUT2D eigenvalue weighted by atomic mass is 16.6. The van der Waals surface area contributed by atoms with Crippen LogP contribution in [0.25, 0.3) is 0 Å². The summed E-state index contributed by atoms with van der Waals surface area (Å²) in [6.45, 7) is 13.1. The third-order valence-electron chi connectivity index (χ3n) is 3.26. The Morgan fingerprint density at radius 2 is 1.29 bits per heavy atom. The van der Waals surface area contributed by atoms with E-state index in [0.717, 1.165) is 6.54 Å². The van der Waals surface area contributed by atoms with Crippen molar-refractivity contribution in [1.82, 2.24) is 21.3 Å². The number of unbranched alkanes of at least 4 members (excludes halogenated alkanes) is 3. The van der Waals surface area contributed by atoms with Gasteiger partial charge >= 0.3 is 12.2 Å². The zero-order valence-corrected chi connectivity index (χ0v) is 22.7. The van der Waals surface area contributed by atoms with Gasteiger partial charge in [0.15, 0.2) is 0 Å². The minimum absolute atomic E-state index is 0. The molecule has 0 heterocycles. The average Bonchev–Trinajstić information content (AvgIpc) is 2.84. The fourth-order valence-electron chi connectivity index (χ4n) is 1.39. The van der Waals surface area contributed by atoms with Crippen molar-refractivity contribution in [2.45, 2.75) is 96.4 Å². The number of carbonyl (C=O) groups excluding carboxylic acids is 2. The predicted molar refractivity (Wildman–Crippen MR) is 165 cm³/mol. The first-order chi connectivity index (χ1) is 16.4. The van der Waals surface area contributed by atoms with Crippen molar-refractivity contribution >= 4 is 12.2 Å². The Kier molecular flexibility index (Phi) is 88.1. The minimum Gasteiger partial charge on any atom is -0.497 e. The first-order valence-electron chi connectivity index (χ1n) is 12.1. The van der Waals surface area contributed by atoms with Crippen molar-refractivity contribution in [3.05, 3.63) is 12.5 Å². The number of alkyl carbamates (subject to hydrolysis) is 2. The second-order valence-corrected chi connectivity index (χ2v) is 6.34. The number of hydrogen-bond donors (Lipinski definition) is 5. The number of nitrogens with two attached hydrogens (primary N) is 1. The van der Waals surface area contributed by atoms with Crippen LogP contribution in [0.15, 0.2) is 12.5 Å². The van der Waals surface area contributed by atoms with Crippen LogP contribution in [0.2, 0.25) is 0 Å². The third-order valence-corrected chi connectivity index (χ3v) is 3.26. The summed E-state index contributed by atoms with van der Waals surface area (Å²) in [6.07, 6.45) is 8.73. The van der Waals surface area contributed by atoms with Gasteiger partial charge in [-0.2, -0.15) is 0 Å². The first kappa shape index (κ1) is 56.1. The molecule has 0 aromatic heterocycles. The predicted octanol–water partition coefficient (Wildman–Crippen LogP) is 5.81. The number of nitrogens with one attached hydrogen (secondary N) is 4. The molecule has 11 nitrogen and oxygen atoms in total. The molecule has 0 spiro atoms. The fraction of sp³-hybridized carbons (Fsp3) is 0.852. The van der Waals surface area contributed by atoms with Crippen molar-refractivity contribution in [2.75, 3.05) is 60.5 Å². The summed E-state index contributed by atoms with van der Waals surface area (Å²) < 4.78 is 19.2. The Bertz CT molecular complexity index is 411. The van der Waals surface area contributed by atoms with Gasteiger partial charge in [0.2, 0.25) is 0 Å². The molecule has 0 radical (unpaired) electrons. The molecule has 0 aliphatic rings. The molecule has 11 heteroatoms. The smallest absolute Gasteiger partial charge is 0.408 e. The number of carbonyl (C=O) groups is 2. The van der Waals surface area contributed by atoms with Crippen molar-refractivity contribution in [1.29, 1.82) is 0 Å². The molecule has 238 valence electrons. The van der Waals surface area contributed by atoms with E-state index in [1.807, 2.05) is 0 Å². The van der Waals surface area contributed by atoms with Gasteiger partial charge in [-0.25, -0.2) is 9.59 Å². The lowest BCUT2D eigenvalue weighted by molar-refractivity contribution is 0.0672. The molecule has 0 saturated carbocycles. The van der Waals surface area contributed by atoms with E-state index in [0.29, 0.717) is 33.1 Å². The summed E-state index contributed by atoms with van der Waals surface area (Å²) in [4.78, 5) is 21.2. The minimum atomic E-state index is -0.478. The highest BCUT2D eigenvalue weighted by molar-refractivity contribution is 5.67. The van der Waals surface area contributed by atoms with Gasteiger partial charge in [-0.05, 0) is 33.9 Å². The third kappa shape index (κ3) is 76.5. The number of ether oxygens (including phenoxy) is 4. The molecule has 0 aliphatic heterocycles. The number of hydrogen-bond acceptors (Lipinski definition) is 9. The molecule has 38 heavy (non-hydrogen) atoms. The zero-order chi connectivity index (χ0) is 26.7. The maximum absolute atomic E-state index is 10.8. The molecule has 0 atom stereocenters. The fourth-order valence-corrected chi connectivity index (χ4v) is 1.39. The maximum atomic E-state index is 10.8. The van der Waals surface area contributed by atoms with Crippen LogP contribution >= 0.6 is 0 Å². The molecular formula is C27H69N5O6. The number of amides is 2. The van der Waals surface area contributed by atoms with E-state index in [2.05, 4.69) is 51.5 Å². The largest absolute Gasteiger partial charge is 0.497 e. The van der Waals surface area contributed by atoms with Gasteiger partial charge < -0.3 is 40.6 Å². The molecule has 0 aromatic carbocycles. The van der Waals surface area contributed by atoms with Crippen LogP contribution in [-0.4, -0.2) is 72.7 Å². The van der Waals surface area contributed by atoms with Crippen LogP contribution in [0, 0.1) is 0 Å². The van der Waals surface area contributed by atoms with E-state index in [1.165, 1.54) is 38.4 Å². The first-order valence-corrected chi connectivity index (χ1v) is 12.1. The molecule has 2 amide bonds. The SMILES string of the molecule is C.C.C.C.CCCC.CCCCCN.CCOC(=O)NCNC.CCOC(=O)NCOCCO/C=C/NC. The van der Waals surface area contributed by atoms with E-state index in [9.17, 15) is 9.59 Å². The van der Waals surface area contributed by atoms with Crippen LogP contribution in [0.3, 0.4) is 0 Å². The normalized spacial score (nSPS) is 8.21. The van der Waals surface area contributed by atoms with E-state index in [-0.39, 0.29) is 42.5 Å². The van der Waals surface area contributed by atoms with Crippen LogP contribution in [0.4, 0.5) is 9.59 Å². The maximum Gasteiger partial charge on any atom is 0.408 e. The molecular weight excluding hydrogens is 490 g/mol. The summed E-state index contributed by atoms with van der Waals surface area (Å²) in [5.41, 5.74) is 5.21. The summed E-state index contributed by atoms with van der Waals surface area (Å²) in [5, 5.41) is 10.4. The lowest BCUT2D eigenvalue weighted by Crippen LogP contribution is -2.32. The summed E-state index contributed by atoms with van der Waals surface area (Å²) >= 11 is 0. The Morgan fingerprint density at radius 1 is 0.763 bits per heavy atom. The Hall–Kier alpha value is -2.24. The zero-order valence-electron chi connectivity index (χ0n) is 22.7. The monoisotopic (exact) mass is 560 g/mol. The number of rotatable bonds is 15. The van der Waals surface area contributed by atoms with E-state index < -0.39 is 6.09 Å². The summed E-state index contributed by atoms with van der Waals surface area (Å²) in [5.74, 6) is 0. The molecule has 0 fully saturated rings. The van der Waals surface area contributed by atoms with Gasteiger partial charge in [-0.3, -0.25) is 5.32 Å². The lowest BCUT2D eigenvalue weighted by atomic mass is 10.3. The lowest BCUT2D eigenvalue weighted by Gasteiger charge is -2.06. The average molecular weight is 560 g/mol. The molecule has 0 unspecified atom stereocenters. The molecule has 0 saturated heterocycles. The molecule has 0 aliphatic carbocycles. The van der Waals surface area contributed by atoms with Crippen LogP contribution < -0.4 is 27.0 Å². The Balaban J connectivity index is -0.0000000565. The van der Waals surface area contributed by atoms with Gasteiger partial charge in [-0.15, -0.1) is 0 Å². The summed E-state index contributed by atoms with van der Waals surface area (Å²) in [6, 6.07) is 0. The Morgan fingerprint density at radius 3 is 1.66 bits per heavy atom. The van der Waals surface area contributed by atoms with Gasteiger partial charge in [-0.1, -0.05) is 76.2 Å². The molecule has 6 N–H and O–H groups in total. The second kappa shape index (κ2) is 59.7. The highest BCUT2D eigenvalue weighted by Gasteiger charge is 1.97. The van der Waals surface area contributed by atoms with Gasteiger partial charge in [0.1, 0.15) is 13.3 Å². The van der Waals surface area contributed by atoms with Crippen molar-refractivity contribution in [3.8, 4) is 0 Å². The second-order valence-electron chi connectivity index (χ2n) is 6.34. The van der Waals surface area contributed by atoms with Crippen LogP contribution in [0.5, 0.6) is 0 Å². The van der Waals surface area contributed by atoms with Crippen molar-refractivity contribution in [2.24, 2.45) is 5.73 Å². The van der Waals surface area contributed by atoms with E-state index >= 15 is 0 Å². The van der Waals surface area contributed by atoms with Gasteiger partial charge in [0, 0.05) is 13.2 Å². The van der Waals surface area contributed by atoms with E-state index in [4.69, 9.17) is 15.2 Å². The molecule has 0 rings (SSSR count). The van der Waals surface area contributed by atoms with E-state index in [1.54, 1.807) is 34.1 Å². The van der Waals surface area contributed by atoms with Gasteiger partial charge in [0.05, 0.1) is 32.8 Å². The standard InChI is InChI=1S/C9H18N2O4.C5H12N2O2.C5H13N.C4H10.4CH4/c1-3-15-9(12)11-8-14-7-6-13-5-4-10-2;1-3-9-5(8)7-4-6-2;1-2-3-4-5-6;1-3-4-2;;;;/h4-5,10H,3,6-8H2,1-2H3,(H,11,12);6H,3-4H2,1-2H3,(H,7,8);2-6H2,1H3;3-4H2,1-2H3;4*1H4/b5-4+;;;;;;;. The quantitative estimate of drug-likeness (QED) is 0.0953.